The smallest absolute Gasteiger partial charge is 0.305 e. The average Bonchev–Trinajstić information content (AvgIpc) is 2.84. The van der Waals surface area contributed by atoms with Crippen LogP contribution >= 0.6 is 0 Å². The van der Waals surface area contributed by atoms with E-state index in [0.29, 0.717) is 12.5 Å². The SMILES string of the molecule is COCC(CC(=O)O)(C1CC1)N(C)C. The standard InChI is InChI=1S/C10H19NO3/c1-11(2)10(7-14-3,6-9(12)13)8-4-5-8/h8H,4-7H2,1-3H3,(H,12,13). The molecule has 1 unspecified atom stereocenters. The molecule has 0 aromatic rings. The molecule has 0 radical (unpaired) electrons. The maximum Gasteiger partial charge on any atom is 0.305 e. The van der Waals surface area contributed by atoms with Gasteiger partial charge < -0.3 is 14.7 Å². The summed E-state index contributed by atoms with van der Waals surface area (Å²) in [5.41, 5.74) is -0.305. The second kappa shape index (κ2) is 4.28. The van der Waals surface area contributed by atoms with Gasteiger partial charge in [-0.2, -0.15) is 0 Å². The Morgan fingerprint density at radius 3 is 2.43 bits per heavy atom. The van der Waals surface area contributed by atoms with Crippen LogP contribution in [0.3, 0.4) is 0 Å². The molecule has 0 aliphatic heterocycles. The maximum absolute atomic E-state index is 10.8. The molecule has 82 valence electrons. The number of aliphatic carboxylic acids is 1. The molecule has 0 amide bonds. The van der Waals surface area contributed by atoms with Crippen LogP contribution in [0.15, 0.2) is 0 Å². The highest BCUT2D eigenvalue weighted by Gasteiger charge is 2.48. The van der Waals surface area contributed by atoms with Crippen LogP contribution in [0.5, 0.6) is 0 Å². The molecular weight excluding hydrogens is 182 g/mol. The minimum absolute atomic E-state index is 0.165. The van der Waals surface area contributed by atoms with E-state index in [2.05, 4.69) is 0 Å². The second-order valence-electron chi connectivity index (χ2n) is 4.28. The van der Waals surface area contributed by atoms with E-state index in [4.69, 9.17) is 9.84 Å². The third kappa shape index (κ3) is 2.25. The molecule has 4 nitrogen and oxygen atoms in total. The first-order chi connectivity index (χ1) is 6.53. The van der Waals surface area contributed by atoms with Gasteiger partial charge in [0, 0.05) is 7.11 Å². The molecule has 1 saturated carbocycles. The quantitative estimate of drug-likeness (QED) is 0.691. The highest BCUT2D eigenvalue weighted by Crippen LogP contribution is 2.44. The van der Waals surface area contributed by atoms with Gasteiger partial charge in [-0.15, -0.1) is 0 Å². The molecule has 1 N–H and O–H groups in total. The summed E-state index contributed by atoms with van der Waals surface area (Å²) in [6.45, 7) is 0.497. The highest BCUT2D eigenvalue weighted by atomic mass is 16.5. The maximum atomic E-state index is 10.8. The topological polar surface area (TPSA) is 49.8 Å². The van der Waals surface area contributed by atoms with Crippen LogP contribution in [0.1, 0.15) is 19.3 Å². The molecule has 0 spiro atoms. The lowest BCUT2D eigenvalue weighted by atomic mass is 9.89. The van der Waals surface area contributed by atoms with E-state index in [-0.39, 0.29) is 12.0 Å². The summed E-state index contributed by atoms with van der Waals surface area (Å²) in [5, 5.41) is 8.92. The number of ether oxygens (including phenoxy) is 1. The average molecular weight is 201 g/mol. The van der Waals surface area contributed by atoms with Crippen LogP contribution in [0.4, 0.5) is 0 Å². The predicted octanol–water partition coefficient (Wildman–Crippen LogP) is 0.818. The first-order valence-electron chi connectivity index (χ1n) is 4.91. The summed E-state index contributed by atoms with van der Waals surface area (Å²) in [4.78, 5) is 12.8. The lowest BCUT2D eigenvalue weighted by Gasteiger charge is -2.38. The van der Waals surface area contributed by atoms with Gasteiger partial charge in [-0.3, -0.25) is 4.79 Å². The summed E-state index contributed by atoms with van der Waals surface area (Å²) in [5.74, 6) is -0.267. The Bertz CT molecular complexity index is 209. The molecule has 0 saturated heterocycles. The number of hydrogen-bond acceptors (Lipinski definition) is 3. The van der Waals surface area contributed by atoms with Gasteiger partial charge in [0.15, 0.2) is 0 Å². The van der Waals surface area contributed by atoms with Crippen LogP contribution in [-0.4, -0.2) is 49.3 Å². The number of nitrogens with zero attached hydrogens (tertiary/aromatic N) is 1. The fourth-order valence-corrected chi connectivity index (χ4v) is 2.10. The largest absolute Gasteiger partial charge is 0.481 e. The molecule has 14 heavy (non-hydrogen) atoms. The zero-order valence-electron chi connectivity index (χ0n) is 9.12. The normalized spacial score (nSPS) is 20.9. The minimum Gasteiger partial charge on any atom is -0.481 e. The van der Waals surface area contributed by atoms with Gasteiger partial charge >= 0.3 is 5.97 Å². The number of hydrogen-bond donors (Lipinski definition) is 1. The van der Waals surface area contributed by atoms with E-state index in [9.17, 15) is 4.79 Å². The van der Waals surface area contributed by atoms with Crippen LogP contribution < -0.4 is 0 Å². The molecule has 0 heterocycles. The Morgan fingerprint density at radius 1 is 1.57 bits per heavy atom. The van der Waals surface area contributed by atoms with E-state index in [0.717, 1.165) is 12.8 Å². The molecule has 1 rings (SSSR count). The molecule has 1 atom stereocenters. The molecule has 0 aromatic carbocycles. The van der Waals surface area contributed by atoms with Crippen molar-refractivity contribution in [2.24, 2.45) is 5.92 Å². The molecule has 4 heteroatoms. The summed E-state index contributed by atoms with van der Waals surface area (Å²) in [6.07, 6.45) is 2.40. The van der Waals surface area contributed by atoms with Gasteiger partial charge in [0.1, 0.15) is 0 Å². The Labute approximate surface area is 84.8 Å². The van der Waals surface area contributed by atoms with Gasteiger partial charge in [0.25, 0.3) is 0 Å². The van der Waals surface area contributed by atoms with Crippen LogP contribution in [0.25, 0.3) is 0 Å². The summed E-state index contributed by atoms with van der Waals surface area (Å²) >= 11 is 0. The van der Waals surface area contributed by atoms with E-state index in [1.165, 1.54) is 0 Å². The molecule has 0 aromatic heterocycles. The third-order valence-corrected chi connectivity index (χ3v) is 3.08. The van der Waals surface area contributed by atoms with Crippen LogP contribution in [-0.2, 0) is 9.53 Å². The first-order valence-corrected chi connectivity index (χ1v) is 4.91. The van der Waals surface area contributed by atoms with Crippen molar-refractivity contribution in [3.8, 4) is 0 Å². The summed E-state index contributed by atoms with van der Waals surface area (Å²) in [7, 11) is 5.49. The molecular formula is C10H19NO3. The first kappa shape index (κ1) is 11.5. The number of likely N-dealkylation sites (N-methyl/N-ethyl adjacent to an activating group) is 1. The third-order valence-electron chi connectivity index (χ3n) is 3.08. The number of carboxylic acids is 1. The van der Waals surface area contributed by atoms with Gasteiger partial charge in [0.2, 0.25) is 0 Å². The van der Waals surface area contributed by atoms with E-state index < -0.39 is 5.97 Å². The van der Waals surface area contributed by atoms with Crippen molar-refractivity contribution in [3.05, 3.63) is 0 Å². The molecule has 1 fully saturated rings. The van der Waals surface area contributed by atoms with Crippen molar-refractivity contribution in [2.45, 2.75) is 24.8 Å². The number of methoxy groups -OCH3 is 1. The summed E-state index contributed by atoms with van der Waals surface area (Å²) in [6, 6.07) is 0. The minimum atomic E-state index is -0.748. The number of carboxylic acid groups (broad SMARTS) is 1. The monoisotopic (exact) mass is 201 g/mol. The van der Waals surface area contributed by atoms with Gasteiger partial charge in [-0.05, 0) is 32.9 Å². The molecule has 0 bridgehead atoms. The fourth-order valence-electron chi connectivity index (χ4n) is 2.10. The van der Waals surface area contributed by atoms with E-state index >= 15 is 0 Å². The summed E-state index contributed by atoms with van der Waals surface area (Å²) < 4.78 is 5.17. The van der Waals surface area contributed by atoms with Gasteiger partial charge in [0.05, 0.1) is 18.6 Å². The Balaban J connectivity index is 2.77. The lowest BCUT2D eigenvalue weighted by Crippen LogP contribution is -2.51. The highest BCUT2D eigenvalue weighted by molar-refractivity contribution is 5.68. The Kier molecular flexibility index (Phi) is 3.50. The van der Waals surface area contributed by atoms with Crippen molar-refractivity contribution < 1.29 is 14.6 Å². The van der Waals surface area contributed by atoms with Crippen molar-refractivity contribution in [2.75, 3.05) is 27.8 Å². The zero-order chi connectivity index (χ0) is 10.8. The lowest BCUT2D eigenvalue weighted by molar-refractivity contribution is -0.142. The zero-order valence-corrected chi connectivity index (χ0v) is 9.12. The second-order valence-corrected chi connectivity index (χ2v) is 4.28. The Hall–Kier alpha value is -0.610. The number of rotatable bonds is 6. The van der Waals surface area contributed by atoms with E-state index in [1.54, 1.807) is 7.11 Å². The number of carbonyl (C=O) groups is 1. The van der Waals surface area contributed by atoms with Gasteiger partial charge in [-0.1, -0.05) is 0 Å². The van der Waals surface area contributed by atoms with Gasteiger partial charge in [-0.25, -0.2) is 0 Å². The molecule has 1 aliphatic carbocycles. The van der Waals surface area contributed by atoms with Crippen LogP contribution in [0.2, 0.25) is 0 Å². The molecule has 1 aliphatic rings. The predicted molar refractivity (Wildman–Crippen MR) is 53.3 cm³/mol. The van der Waals surface area contributed by atoms with Crippen molar-refractivity contribution in [3.63, 3.8) is 0 Å². The van der Waals surface area contributed by atoms with Crippen molar-refractivity contribution in [1.82, 2.24) is 4.90 Å². The van der Waals surface area contributed by atoms with Crippen molar-refractivity contribution >= 4 is 5.97 Å². The van der Waals surface area contributed by atoms with Crippen LogP contribution in [0, 0.1) is 5.92 Å². The van der Waals surface area contributed by atoms with E-state index in [1.807, 2.05) is 19.0 Å². The van der Waals surface area contributed by atoms with Crippen molar-refractivity contribution in [1.29, 1.82) is 0 Å². The fraction of sp³-hybridized carbons (Fsp3) is 0.900. The Morgan fingerprint density at radius 2 is 2.14 bits per heavy atom.